The Bertz CT molecular complexity index is 359. The van der Waals surface area contributed by atoms with Gasteiger partial charge in [0.15, 0.2) is 5.67 Å². The average Bonchev–Trinajstić information content (AvgIpc) is 2.66. The summed E-state index contributed by atoms with van der Waals surface area (Å²) in [6, 6.07) is 7.41. The number of halogens is 1. The van der Waals surface area contributed by atoms with E-state index < -0.39 is 5.67 Å². The van der Waals surface area contributed by atoms with E-state index in [-0.39, 0.29) is 6.10 Å². The van der Waals surface area contributed by atoms with Gasteiger partial charge in [0.05, 0.1) is 6.10 Å². The smallest absolute Gasteiger partial charge is 0.153 e. The highest BCUT2D eigenvalue weighted by atomic mass is 19.1. The Morgan fingerprint density at radius 1 is 1.38 bits per heavy atom. The van der Waals surface area contributed by atoms with Gasteiger partial charge in [-0.2, -0.15) is 0 Å². The Hall–Kier alpha value is -1.09. The second-order valence-corrected chi connectivity index (χ2v) is 4.55. The van der Waals surface area contributed by atoms with Gasteiger partial charge in [0.25, 0.3) is 0 Å². The summed E-state index contributed by atoms with van der Waals surface area (Å²) in [6.45, 7) is 5.02. The van der Waals surface area contributed by atoms with Crippen molar-refractivity contribution in [3.8, 4) is 5.75 Å². The van der Waals surface area contributed by atoms with Crippen molar-refractivity contribution in [3.05, 3.63) is 29.8 Å². The van der Waals surface area contributed by atoms with Crippen molar-refractivity contribution in [1.82, 2.24) is 5.32 Å². The number of rotatable bonds is 3. The summed E-state index contributed by atoms with van der Waals surface area (Å²) in [5.74, 6) is 0.670. The quantitative estimate of drug-likeness (QED) is 0.850. The fourth-order valence-electron chi connectivity index (χ4n) is 2.08. The van der Waals surface area contributed by atoms with Gasteiger partial charge >= 0.3 is 0 Å². The molecule has 16 heavy (non-hydrogen) atoms. The van der Waals surface area contributed by atoms with Crippen LogP contribution in [0.4, 0.5) is 4.39 Å². The summed E-state index contributed by atoms with van der Waals surface area (Å²) in [5.41, 5.74) is -0.598. The molecule has 2 nitrogen and oxygen atoms in total. The molecule has 1 N–H and O–H groups in total. The van der Waals surface area contributed by atoms with Crippen molar-refractivity contribution in [1.29, 1.82) is 0 Å². The lowest BCUT2D eigenvalue weighted by Crippen LogP contribution is -2.24. The molecule has 0 amide bonds. The molecule has 1 aromatic carbocycles. The Morgan fingerprint density at radius 3 is 2.75 bits per heavy atom. The maximum absolute atomic E-state index is 14.6. The predicted molar refractivity (Wildman–Crippen MR) is 62.5 cm³/mol. The van der Waals surface area contributed by atoms with Crippen LogP contribution in [0.15, 0.2) is 24.3 Å². The van der Waals surface area contributed by atoms with E-state index in [0.29, 0.717) is 24.3 Å². The molecule has 1 heterocycles. The second kappa shape index (κ2) is 4.42. The largest absolute Gasteiger partial charge is 0.491 e. The fraction of sp³-hybridized carbons (Fsp3) is 0.538. The molecule has 1 fully saturated rings. The highest BCUT2D eigenvalue weighted by Gasteiger charge is 2.37. The van der Waals surface area contributed by atoms with E-state index in [0.717, 1.165) is 6.54 Å². The van der Waals surface area contributed by atoms with E-state index >= 15 is 0 Å². The first-order valence-electron chi connectivity index (χ1n) is 5.78. The molecule has 0 spiro atoms. The van der Waals surface area contributed by atoms with Crippen LogP contribution in [0.2, 0.25) is 0 Å². The summed E-state index contributed by atoms with van der Waals surface area (Å²) in [5, 5.41) is 3.06. The van der Waals surface area contributed by atoms with E-state index in [9.17, 15) is 4.39 Å². The molecule has 2 rings (SSSR count). The van der Waals surface area contributed by atoms with Gasteiger partial charge in [-0.25, -0.2) is 4.39 Å². The summed E-state index contributed by atoms with van der Waals surface area (Å²) in [4.78, 5) is 0. The van der Waals surface area contributed by atoms with Crippen molar-refractivity contribution in [2.75, 3.05) is 13.1 Å². The first-order chi connectivity index (χ1) is 7.62. The molecule has 0 saturated carbocycles. The van der Waals surface area contributed by atoms with Crippen LogP contribution in [-0.4, -0.2) is 19.2 Å². The van der Waals surface area contributed by atoms with Gasteiger partial charge in [-0.1, -0.05) is 18.2 Å². The van der Waals surface area contributed by atoms with E-state index in [4.69, 9.17) is 4.74 Å². The van der Waals surface area contributed by atoms with Gasteiger partial charge in [-0.15, -0.1) is 0 Å². The van der Waals surface area contributed by atoms with Gasteiger partial charge < -0.3 is 10.1 Å². The van der Waals surface area contributed by atoms with Crippen LogP contribution < -0.4 is 10.1 Å². The minimum absolute atomic E-state index is 0.0686. The van der Waals surface area contributed by atoms with Crippen LogP contribution in [0.5, 0.6) is 5.75 Å². The molecule has 0 aliphatic carbocycles. The summed E-state index contributed by atoms with van der Waals surface area (Å²) in [7, 11) is 0. The van der Waals surface area contributed by atoms with Crippen LogP contribution in [0, 0.1) is 0 Å². The lowest BCUT2D eigenvalue weighted by Gasteiger charge is -2.23. The predicted octanol–water partition coefficient (Wildman–Crippen LogP) is 2.63. The number of hydrogen-bond acceptors (Lipinski definition) is 2. The molecular formula is C13H18FNO. The first-order valence-corrected chi connectivity index (χ1v) is 5.78. The molecule has 88 valence electrons. The van der Waals surface area contributed by atoms with Gasteiger partial charge in [0.1, 0.15) is 5.75 Å². The number of benzene rings is 1. The lowest BCUT2D eigenvalue weighted by atomic mass is 9.94. The molecule has 1 unspecified atom stereocenters. The molecule has 1 aliphatic heterocycles. The zero-order valence-electron chi connectivity index (χ0n) is 9.79. The maximum atomic E-state index is 14.6. The van der Waals surface area contributed by atoms with Crippen LogP contribution >= 0.6 is 0 Å². The Morgan fingerprint density at radius 2 is 2.12 bits per heavy atom. The molecule has 1 atom stereocenters. The lowest BCUT2D eigenvalue weighted by molar-refractivity contribution is 0.174. The normalized spacial score (nSPS) is 25.0. The monoisotopic (exact) mass is 223 g/mol. The summed E-state index contributed by atoms with van der Waals surface area (Å²) < 4.78 is 20.3. The zero-order chi connectivity index (χ0) is 11.6. The van der Waals surface area contributed by atoms with Gasteiger partial charge in [-0.05, 0) is 32.9 Å². The highest BCUT2D eigenvalue weighted by molar-refractivity contribution is 5.39. The molecular weight excluding hydrogens is 205 g/mol. The molecule has 3 heteroatoms. The minimum Gasteiger partial charge on any atom is -0.491 e. The van der Waals surface area contributed by atoms with Gasteiger partial charge in [-0.3, -0.25) is 0 Å². The third-order valence-electron chi connectivity index (χ3n) is 2.84. The van der Waals surface area contributed by atoms with Crippen molar-refractivity contribution < 1.29 is 9.13 Å². The van der Waals surface area contributed by atoms with Crippen LogP contribution in [0.1, 0.15) is 25.8 Å². The van der Waals surface area contributed by atoms with Crippen LogP contribution in [0.3, 0.4) is 0 Å². The average molecular weight is 223 g/mol. The summed E-state index contributed by atoms with van der Waals surface area (Å²) in [6.07, 6.45) is 0.588. The van der Waals surface area contributed by atoms with Crippen molar-refractivity contribution in [2.24, 2.45) is 0 Å². The molecule has 1 saturated heterocycles. The SMILES string of the molecule is CC(C)Oc1ccccc1C1(F)CCNC1. The molecule has 1 aromatic rings. The van der Waals surface area contributed by atoms with E-state index in [1.165, 1.54) is 0 Å². The van der Waals surface area contributed by atoms with Crippen molar-refractivity contribution in [2.45, 2.75) is 32.0 Å². The Balaban J connectivity index is 2.32. The van der Waals surface area contributed by atoms with Gasteiger partial charge in [0.2, 0.25) is 0 Å². The molecule has 1 aliphatic rings. The number of para-hydroxylation sites is 1. The molecule has 0 aromatic heterocycles. The van der Waals surface area contributed by atoms with Crippen molar-refractivity contribution >= 4 is 0 Å². The topological polar surface area (TPSA) is 21.3 Å². The zero-order valence-corrected chi connectivity index (χ0v) is 9.79. The third-order valence-corrected chi connectivity index (χ3v) is 2.84. The van der Waals surface area contributed by atoms with E-state index in [1.807, 2.05) is 38.1 Å². The van der Waals surface area contributed by atoms with Crippen molar-refractivity contribution in [3.63, 3.8) is 0 Å². The summed E-state index contributed by atoms with van der Waals surface area (Å²) >= 11 is 0. The molecule has 0 bridgehead atoms. The van der Waals surface area contributed by atoms with Crippen LogP contribution in [0.25, 0.3) is 0 Å². The Labute approximate surface area is 95.8 Å². The van der Waals surface area contributed by atoms with Crippen LogP contribution in [-0.2, 0) is 5.67 Å². The Kier molecular flexibility index (Phi) is 3.15. The maximum Gasteiger partial charge on any atom is 0.153 e. The number of ether oxygens (including phenoxy) is 1. The number of hydrogen-bond donors (Lipinski definition) is 1. The fourth-order valence-corrected chi connectivity index (χ4v) is 2.08. The standard InChI is InChI=1S/C13H18FNO/c1-10(2)16-12-6-4-3-5-11(12)13(14)7-8-15-9-13/h3-6,10,15H,7-9H2,1-2H3. The van der Waals surface area contributed by atoms with E-state index in [1.54, 1.807) is 0 Å². The second-order valence-electron chi connectivity index (χ2n) is 4.55. The third kappa shape index (κ3) is 2.19. The number of nitrogens with one attached hydrogen (secondary N) is 1. The molecule has 0 radical (unpaired) electrons. The minimum atomic E-state index is -1.27. The number of alkyl halides is 1. The first kappa shape index (κ1) is 11.4. The van der Waals surface area contributed by atoms with E-state index in [2.05, 4.69) is 5.32 Å². The van der Waals surface area contributed by atoms with Gasteiger partial charge in [0, 0.05) is 12.1 Å². The highest BCUT2D eigenvalue weighted by Crippen LogP contribution is 2.38.